The number of methoxy groups -OCH3 is 1. The predicted molar refractivity (Wildman–Crippen MR) is 79.1 cm³/mol. The Morgan fingerprint density at radius 3 is 3.05 bits per heavy atom. The molecule has 2 N–H and O–H groups in total. The molecule has 1 aromatic rings. The molecule has 0 aliphatic carbocycles. The number of hydrogen-bond acceptors (Lipinski definition) is 5. The molecule has 20 heavy (non-hydrogen) atoms. The highest BCUT2D eigenvalue weighted by molar-refractivity contribution is 8.15. The summed E-state index contributed by atoms with van der Waals surface area (Å²) in [6, 6.07) is 7.07. The summed E-state index contributed by atoms with van der Waals surface area (Å²) in [4.78, 5) is 27.6. The van der Waals surface area contributed by atoms with Crippen LogP contribution in [0.3, 0.4) is 0 Å². The number of thioether (sulfide) groups is 1. The summed E-state index contributed by atoms with van der Waals surface area (Å²) in [6.07, 6.45) is 0.138. The number of nitrogens with zero attached hydrogens (tertiary/aromatic N) is 1. The molecule has 1 aromatic carbocycles. The van der Waals surface area contributed by atoms with Crippen LogP contribution >= 0.6 is 11.8 Å². The van der Waals surface area contributed by atoms with E-state index in [0.717, 1.165) is 0 Å². The first-order valence-electron chi connectivity index (χ1n) is 6.00. The van der Waals surface area contributed by atoms with E-state index in [9.17, 15) is 9.59 Å². The van der Waals surface area contributed by atoms with E-state index in [4.69, 9.17) is 4.74 Å². The lowest BCUT2D eigenvalue weighted by molar-refractivity contribution is -0.123. The van der Waals surface area contributed by atoms with Crippen molar-refractivity contribution in [1.29, 1.82) is 0 Å². The standard InChI is InChI=1S/C13H15N3O3S/c1-14-13-16-11(17)7-10(20-13)12(18)15-8-4-3-5-9(6-8)19-2/h3-6,10H,7H2,1-2H3,(H,15,18)(H,14,16,17)/t10-/m1/s1. The van der Waals surface area contributed by atoms with Gasteiger partial charge in [0.15, 0.2) is 5.17 Å². The lowest BCUT2D eigenvalue weighted by Crippen LogP contribution is -2.41. The maximum atomic E-state index is 12.2. The molecule has 0 radical (unpaired) electrons. The number of carbonyl (C=O) groups is 2. The number of aliphatic imine (C=N–C) groups is 1. The Balaban J connectivity index is 2.05. The van der Waals surface area contributed by atoms with Crippen molar-refractivity contribution < 1.29 is 14.3 Å². The number of carbonyl (C=O) groups excluding carboxylic acids is 2. The number of nitrogens with one attached hydrogen (secondary N) is 2. The number of ether oxygens (including phenoxy) is 1. The Morgan fingerprint density at radius 2 is 2.35 bits per heavy atom. The van der Waals surface area contributed by atoms with Crippen LogP contribution in [0.5, 0.6) is 5.75 Å². The van der Waals surface area contributed by atoms with Crippen LogP contribution in [-0.4, -0.2) is 36.4 Å². The van der Waals surface area contributed by atoms with E-state index < -0.39 is 5.25 Å². The summed E-state index contributed by atoms with van der Waals surface area (Å²) in [7, 11) is 3.14. The molecule has 0 spiro atoms. The van der Waals surface area contributed by atoms with Crippen molar-refractivity contribution in [3.8, 4) is 5.75 Å². The number of benzene rings is 1. The van der Waals surface area contributed by atoms with Gasteiger partial charge in [0.05, 0.1) is 7.11 Å². The van der Waals surface area contributed by atoms with Crippen molar-refractivity contribution in [2.75, 3.05) is 19.5 Å². The highest BCUT2D eigenvalue weighted by Crippen LogP contribution is 2.23. The van der Waals surface area contributed by atoms with E-state index in [1.54, 1.807) is 38.4 Å². The van der Waals surface area contributed by atoms with Gasteiger partial charge >= 0.3 is 0 Å². The van der Waals surface area contributed by atoms with E-state index in [-0.39, 0.29) is 18.2 Å². The lowest BCUT2D eigenvalue weighted by Gasteiger charge is -2.22. The Bertz CT molecular complexity index is 560. The second-order valence-corrected chi connectivity index (χ2v) is 5.30. The van der Waals surface area contributed by atoms with Crippen LogP contribution in [-0.2, 0) is 9.59 Å². The van der Waals surface area contributed by atoms with Gasteiger partial charge in [-0.2, -0.15) is 0 Å². The molecule has 0 saturated carbocycles. The summed E-state index contributed by atoms with van der Waals surface area (Å²) in [5, 5.41) is 5.37. The van der Waals surface area contributed by atoms with E-state index in [1.165, 1.54) is 11.8 Å². The van der Waals surface area contributed by atoms with E-state index in [1.807, 2.05) is 0 Å². The van der Waals surface area contributed by atoms with Crippen molar-refractivity contribution in [3.63, 3.8) is 0 Å². The Morgan fingerprint density at radius 1 is 1.55 bits per heavy atom. The minimum Gasteiger partial charge on any atom is -0.497 e. The normalized spacial score (nSPS) is 20.4. The zero-order chi connectivity index (χ0) is 14.5. The van der Waals surface area contributed by atoms with Crippen molar-refractivity contribution in [2.24, 2.45) is 4.99 Å². The van der Waals surface area contributed by atoms with Gasteiger partial charge in [0, 0.05) is 25.2 Å². The molecular weight excluding hydrogens is 278 g/mol. The third-order valence-electron chi connectivity index (χ3n) is 2.70. The van der Waals surface area contributed by atoms with Crippen LogP contribution in [0.1, 0.15) is 6.42 Å². The summed E-state index contributed by atoms with van der Waals surface area (Å²) >= 11 is 1.25. The molecule has 1 heterocycles. The first-order valence-corrected chi connectivity index (χ1v) is 6.88. The number of amidine groups is 1. The topological polar surface area (TPSA) is 79.8 Å². The third-order valence-corrected chi connectivity index (χ3v) is 3.88. The molecule has 1 saturated heterocycles. The maximum absolute atomic E-state index is 12.2. The fraction of sp³-hybridized carbons (Fsp3) is 0.308. The molecule has 2 amide bonds. The summed E-state index contributed by atoms with van der Waals surface area (Å²) in [5.41, 5.74) is 0.635. The predicted octanol–water partition coefficient (Wildman–Crippen LogP) is 1.24. The zero-order valence-corrected chi connectivity index (χ0v) is 12.0. The van der Waals surface area contributed by atoms with Crippen molar-refractivity contribution >= 4 is 34.4 Å². The van der Waals surface area contributed by atoms with Gasteiger partial charge in [-0.15, -0.1) is 0 Å². The van der Waals surface area contributed by atoms with Crippen molar-refractivity contribution in [2.45, 2.75) is 11.7 Å². The molecule has 7 heteroatoms. The summed E-state index contributed by atoms with van der Waals surface area (Å²) in [5.74, 6) is 0.238. The van der Waals surface area contributed by atoms with Gasteiger partial charge in [0.25, 0.3) is 0 Å². The van der Waals surface area contributed by atoms with Crippen LogP contribution in [0.25, 0.3) is 0 Å². The van der Waals surface area contributed by atoms with Crippen LogP contribution in [0, 0.1) is 0 Å². The molecule has 6 nitrogen and oxygen atoms in total. The molecule has 1 aliphatic rings. The Hall–Kier alpha value is -2.02. The second kappa shape index (κ2) is 6.42. The van der Waals surface area contributed by atoms with E-state index in [2.05, 4.69) is 15.6 Å². The molecule has 2 rings (SSSR count). The quantitative estimate of drug-likeness (QED) is 0.879. The van der Waals surface area contributed by atoms with Gasteiger partial charge in [0.1, 0.15) is 11.0 Å². The molecule has 1 fully saturated rings. The highest BCUT2D eigenvalue weighted by atomic mass is 32.2. The second-order valence-electron chi connectivity index (χ2n) is 4.11. The number of amides is 2. The van der Waals surface area contributed by atoms with Gasteiger partial charge in [-0.3, -0.25) is 14.6 Å². The Labute approximate surface area is 121 Å². The lowest BCUT2D eigenvalue weighted by atomic mass is 10.2. The average Bonchev–Trinajstić information content (AvgIpc) is 2.46. The van der Waals surface area contributed by atoms with Crippen LogP contribution in [0.15, 0.2) is 29.3 Å². The SMILES string of the molecule is CN=C1NC(=O)C[C@H](C(=O)Nc2cccc(OC)c2)S1. The first-order chi connectivity index (χ1) is 9.62. The van der Waals surface area contributed by atoms with Gasteiger partial charge in [-0.1, -0.05) is 17.8 Å². The minimum atomic E-state index is -0.478. The smallest absolute Gasteiger partial charge is 0.238 e. The average molecular weight is 293 g/mol. The van der Waals surface area contributed by atoms with Gasteiger partial charge in [-0.25, -0.2) is 0 Å². The van der Waals surface area contributed by atoms with Crippen LogP contribution in [0.2, 0.25) is 0 Å². The van der Waals surface area contributed by atoms with Gasteiger partial charge < -0.3 is 15.4 Å². The third kappa shape index (κ3) is 3.51. The maximum Gasteiger partial charge on any atom is 0.238 e. The molecule has 0 bridgehead atoms. The molecular formula is C13H15N3O3S. The fourth-order valence-electron chi connectivity index (χ4n) is 1.72. The van der Waals surface area contributed by atoms with Gasteiger partial charge in [-0.05, 0) is 12.1 Å². The molecule has 0 aromatic heterocycles. The van der Waals surface area contributed by atoms with E-state index >= 15 is 0 Å². The van der Waals surface area contributed by atoms with Crippen molar-refractivity contribution in [3.05, 3.63) is 24.3 Å². The summed E-state index contributed by atoms with van der Waals surface area (Å²) in [6.45, 7) is 0. The van der Waals surface area contributed by atoms with Crippen LogP contribution in [0.4, 0.5) is 5.69 Å². The highest BCUT2D eigenvalue weighted by Gasteiger charge is 2.29. The minimum absolute atomic E-state index is 0.138. The molecule has 1 atom stereocenters. The zero-order valence-electron chi connectivity index (χ0n) is 11.2. The monoisotopic (exact) mass is 293 g/mol. The fourth-order valence-corrected chi connectivity index (χ4v) is 2.67. The van der Waals surface area contributed by atoms with Gasteiger partial charge in [0.2, 0.25) is 11.8 Å². The number of hydrogen-bond donors (Lipinski definition) is 2. The largest absolute Gasteiger partial charge is 0.497 e. The molecule has 1 aliphatic heterocycles. The molecule has 0 unspecified atom stereocenters. The van der Waals surface area contributed by atoms with E-state index in [0.29, 0.717) is 16.6 Å². The first kappa shape index (κ1) is 14.4. The Kier molecular flexibility index (Phi) is 4.62. The molecule has 106 valence electrons. The number of rotatable bonds is 3. The van der Waals surface area contributed by atoms with Crippen molar-refractivity contribution in [1.82, 2.24) is 5.32 Å². The number of anilines is 1. The van der Waals surface area contributed by atoms with Crippen LogP contribution < -0.4 is 15.4 Å². The summed E-state index contributed by atoms with van der Waals surface area (Å²) < 4.78 is 5.09.